The van der Waals surface area contributed by atoms with Crippen LogP contribution in [-0.4, -0.2) is 46.5 Å². The van der Waals surface area contributed by atoms with E-state index in [0.29, 0.717) is 5.69 Å². The van der Waals surface area contributed by atoms with Crippen LogP contribution >= 0.6 is 11.6 Å². The molecule has 2 unspecified atom stereocenters. The third kappa shape index (κ3) is 6.94. The summed E-state index contributed by atoms with van der Waals surface area (Å²) in [5.41, 5.74) is 1.51. The lowest BCUT2D eigenvalue weighted by Gasteiger charge is -2.23. The summed E-state index contributed by atoms with van der Waals surface area (Å²) in [5, 5.41) is 2.92. The standard InChI is InChI=1S/C22H28ClN3O5S/c1-14(2)20(25-32(29,30)19-8-6-7-16(23)13-19)22(28)31-15(3)21(27)24-17-9-11-18(12-10-17)26(4)5/h6-15,20,25H,1-5H3,(H,24,27). The molecule has 8 nitrogen and oxygen atoms in total. The summed E-state index contributed by atoms with van der Waals surface area (Å²) < 4.78 is 33.0. The van der Waals surface area contributed by atoms with Gasteiger partial charge in [0.25, 0.3) is 5.91 Å². The number of rotatable bonds is 9. The largest absolute Gasteiger partial charge is 0.451 e. The zero-order chi connectivity index (χ0) is 24.1. The number of amides is 1. The Morgan fingerprint density at radius 2 is 1.66 bits per heavy atom. The maximum atomic E-state index is 12.7. The van der Waals surface area contributed by atoms with Crippen molar-refractivity contribution in [2.45, 2.75) is 37.8 Å². The Kier molecular flexibility index (Phi) is 8.65. The van der Waals surface area contributed by atoms with Crippen LogP contribution in [0.15, 0.2) is 53.4 Å². The Bertz CT molecular complexity index is 1060. The van der Waals surface area contributed by atoms with Crippen LogP contribution in [-0.2, 0) is 24.3 Å². The van der Waals surface area contributed by atoms with Gasteiger partial charge in [0, 0.05) is 30.5 Å². The summed E-state index contributed by atoms with van der Waals surface area (Å²) >= 11 is 5.88. The molecule has 2 rings (SSSR count). The summed E-state index contributed by atoms with van der Waals surface area (Å²) in [6.45, 7) is 4.76. The van der Waals surface area contributed by atoms with Gasteiger partial charge in [-0.25, -0.2) is 8.42 Å². The number of halogens is 1. The summed E-state index contributed by atoms with van der Waals surface area (Å²) in [6.07, 6.45) is -1.13. The van der Waals surface area contributed by atoms with Gasteiger partial charge in [0.05, 0.1) is 4.90 Å². The number of carbonyl (C=O) groups is 2. The number of hydrogen-bond acceptors (Lipinski definition) is 6. The molecule has 0 spiro atoms. The second kappa shape index (κ2) is 10.8. The zero-order valence-electron chi connectivity index (χ0n) is 18.6. The smallest absolute Gasteiger partial charge is 0.325 e. The fourth-order valence-electron chi connectivity index (χ4n) is 2.71. The predicted molar refractivity (Wildman–Crippen MR) is 125 cm³/mol. The monoisotopic (exact) mass is 481 g/mol. The van der Waals surface area contributed by atoms with Gasteiger partial charge in [0.1, 0.15) is 6.04 Å². The molecule has 0 aliphatic carbocycles. The van der Waals surface area contributed by atoms with Crippen molar-refractivity contribution in [2.24, 2.45) is 5.92 Å². The SMILES string of the molecule is CC(OC(=O)C(NS(=O)(=O)c1cccc(Cl)c1)C(C)C)C(=O)Nc1ccc(N(C)C)cc1. The molecule has 1 amide bonds. The van der Waals surface area contributed by atoms with Gasteiger partial charge in [-0.1, -0.05) is 31.5 Å². The Morgan fingerprint density at radius 1 is 1.03 bits per heavy atom. The van der Waals surface area contributed by atoms with Gasteiger partial charge in [-0.15, -0.1) is 0 Å². The van der Waals surface area contributed by atoms with Crippen LogP contribution in [0.25, 0.3) is 0 Å². The minimum Gasteiger partial charge on any atom is -0.451 e. The van der Waals surface area contributed by atoms with Crippen molar-refractivity contribution in [1.29, 1.82) is 0 Å². The Morgan fingerprint density at radius 3 is 2.19 bits per heavy atom. The average Bonchev–Trinajstić information content (AvgIpc) is 2.72. The number of nitrogens with zero attached hydrogens (tertiary/aromatic N) is 1. The van der Waals surface area contributed by atoms with E-state index in [0.717, 1.165) is 5.69 Å². The highest BCUT2D eigenvalue weighted by Crippen LogP contribution is 2.18. The van der Waals surface area contributed by atoms with Gasteiger partial charge < -0.3 is 15.0 Å². The van der Waals surface area contributed by atoms with E-state index in [1.54, 1.807) is 32.0 Å². The molecule has 10 heteroatoms. The maximum Gasteiger partial charge on any atom is 0.325 e. The van der Waals surface area contributed by atoms with Gasteiger partial charge in [0.15, 0.2) is 6.10 Å². The van der Waals surface area contributed by atoms with Crippen molar-refractivity contribution < 1.29 is 22.7 Å². The quantitative estimate of drug-likeness (QED) is 0.532. The van der Waals surface area contributed by atoms with E-state index in [1.165, 1.54) is 25.1 Å². The van der Waals surface area contributed by atoms with Crippen molar-refractivity contribution in [3.63, 3.8) is 0 Å². The van der Waals surface area contributed by atoms with Gasteiger partial charge in [-0.2, -0.15) is 4.72 Å². The number of anilines is 2. The molecule has 2 N–H and O–H groups in total. The summed E-state index contributed by atoms with van der Waals surface area (Å²) in [7, 11) is -0.220. The molecular formula is C22H28ClN3O5S. The number of esters is 1. The molecule has 2 aromatic rings. The molecule has 174 valence electrons. The third-order valence-electron chi connectivity index (χ3n) is 4.62. The topological polar surface area (TPSA) is 105 Å². The number of carbonyl (C=O) groups excluding carboxylic acids is 2. The summed E-state index contributed by atoms with van der Waals surface area (Å²) in [6, 6.07) is 11.7. The Labute approximate surface area is 193 Å². The van der Waals surface area contributed by atoms with Crippen molar-refractivity contribution in [3.05, 3.63) is 53.6 Å². The number of ether oxygens (including phenoxy) is 1. The van der Waals surface area contributed by atoms with E-state index in [-0.39, 0.29) is 9.92 Å². The lowest BCUT2D eigenvalue weighted by atomic mass is 10.1. The highest BCUT2D eigenvalue weighted by molar-refractivity contribution is 7.89. The van der Waals surface area contributed by atoms with E-state index >= 15 is 0 Å². The van der Waals surface area contributed by atoms with E-state index in [1.807, 2.05) is 31.1 Å². The van der Waals surface area contributed by atoms with Gasteiger partial charge >= 0.3 is 5.97 Å². The Hall–Kier alpha value is -2.62. The van der Waals surface area contributed by atoms with Crippen molar-refractivity contribution in [3.8, 4) is 0 Å². The van der Waals surface area contributed by atoms with Crippen molar-refractivity contribution in [1.82, 2.24) is 4.72 Å². The second-order valence-corrected chi connectivity index (χ2v) is 9.96. The Balaban J connectivity index is 2.05. The number of nitrogens with one attached hydrogen (secondary N) is 2. The number of hydrogen-bond donors (Lipinski definition) is 2. The first-order valence-corrected chi connectivity index (χ1v) is 11.8. The molecule has 2 aromatic carbocycles. The molecular weight excluding hydrogens is 454 g/mol. The molecule has 0 fully saturated rings. The summed E-state index contributed by atoms with van der Waals surface area (Å²) in [4.78, 5) is 27.0. The van der Waals surface area contributed by atoms with Crippen LogP contribution in [0.3, 0.4) is 0 Å². The zero-order valence-corrected chi connectivity index (χ0v) is 20.2. The molecule has 0 aliphatic rings. The van der Waals surface area contributed by atoms with Crippen molar-refractivity contribution >= 4 is 44.9 Å². The molecule has 0 aliphatic heterocycles. The van der Waals surface area contributed by atoms with E-state index in [2.05, 4.69) is 10.0 Å². The first kappa shape index (κ1) is 25.6. The maximum absolute atomic E-state index is 12.7. The molecule has 0 aromatic heterocycles. The average molecular weight is 482 g/mol. The van der Waals surface area contributed by atoms with E-state index < -0.39 is 40.0 Å². The minimum atomic E-state index is -4.03. The highest BCUT2D eigenvalue weighted by atomic mass is 35.5. The number of benzene rings is 2. The first-order valence-electron chi connectivity index (χ1n) is 9.97. The molecule has 0 heterocycles. The van der Waals surface area contributed by atoms with Gasteiger partial charge in [0.2, 0.25) is 10.0 Å². The normalized spacial score (nSPS) is 13.3. The molecule has 32 heavy (non-hydrogen) atoms. The molecule has 0 radical (unpaired) electrons. The van der Waals surface area contributed by atoms with Crippen LogP contribution in [0.4, 0.5) is 11.4 Å². The number of sulfonamides is 1. The minimum absolute atomic E-state index is 0.0737. The fraction of sp³-hybridized carbons (Fsp3) is 0.364. The van der Waals surface area contributed by atoms with Gasteiger partial charge in [-0.3, -0.25) is 9.59 Å². The third-order valence-corrected chi connectivity index (χ3v) is 6.30. The second-order valence-electron chi connectivity index (χ2n) is 7.81. The molecule has 2 atom stereocenters. The van der Waals surface area contributed by atoms with Crippen LogP contribution < -0.4 is 14.9 Å². The van der Waals surface area contributed by atoms with E-state index in [4.69, 9.17) is 16.3 Å². The highest BCUT2D eigenvalue weighted by Gasteiger charge is 2.32. The lowest BCUT2D eigenvalue weighted by Crippen LogP contribution is -2.47. The van der Waals surface area contributed by atoms with Crippen LogP contribution in [0.5, 0.6) is 0 Å². The fourth-order valence-corrected chi connectivity index (χ4v) is 4.35. The lowest BCUT2D eigenvalue weighted by molar-refractivity contribution is -0.155. The van der Waals surface area contributed by atoms with E-state index in [9.17, 15) is 18.0 Å². The summed E-state index contributed by atoms with van der Waals surface area (Å²) in [5.74, 6) is -1.81. The van der Waals surface area contributed by atoms with Crippen LogP contribution in [0.1, 0.15) is 20.8 Å². The molecule has 0 bridgehead atoms. The molecule has 0 saturated carbocycles. The van der Waals surface area contributed by atoms with Crippen molar-refractivity contribution in [2.75, 3.05) is 24.3 Å². The van der Waals surface area contributed by atoms with Crippen LogP contribution in [0.2, 0.25) is 5.02 Å². The van der Waals surface area contributed by atoms with Gasteiger partial charge in [-0.05, 0) is 55.3 Å². The predicted octanol–water partition coefficient (Wildman–Crippen LogP) is 3.28. The first-order chi connectivity index (χ1) is 14.9. The molecule has 0 saturated heterocycles. The van der Waals surface area contributed by atoms with Crippen LogP contribution in [0, 0.1) is 5.92 Å².